The molecule has 2 N–H and O–H groups in total. The largest absolute Gasteiger partial charge is 0.481 e. The van der Waals surface area contributed by atoms with Gasteiger partial charge in [0, 0.05) is 12.2 Å². The lowest BCUT2D eigenvalue weighted by Gasteiger charge is -2.26. The molecule has 2 aromatic heterocycles. The summed E-state index contributed by atoms with van der Waals surface area (Å²) < 4.78 is 1.64. The summed E-state index contributed by atoms with van der Waals surface area (Å²) in [7, 11) is 0. The van der Waals surface area contributed by atoms with E-state index in [1.54, 1.807) is 17.1 Å². The van der Waals surface area contributed by atoms with Crippen molar-refractivity contribution in [1.82, 2.24) is 20.1 Å². The van der Waals surface area contributed by atoms with E-state index >= 15 is 0 Å². The minimum Gasteiger partial charge on any atom is -0.481 e. The number of carboxylic acids is 1. The molecule has 7 heteroatoms. The van der Waals surface area contributed by atoms with Gasteiger partial charge in [-0.05, 0) is 44.7 Å². The lowest BCUT2D eigenvalue weighted by Crippen LogP contribution is -2.38. The van der Waals surface area contributed by atoms with E-state index in [9.17, 15) is 9.59 Å². The summed E-state index contributed by atoms with van der Waals surface area (Å²) in [5, 5.41) is 16.3. The van der Waals surface area contributed by atoms with Crippen LogP contribution >= 0.6 is 0 Å². The highest BCUT2D eigenvalue weighted by Crippen LogP contribution is 2.25. The number of rotatable bonds is 4. The number of nitrogens with one attached hydrogen (secondary N) is 1. The molecule has 1 saturated carbocycles. The molecule has 2 heterocycles. The van der Waals surface area contributed by atoms with Crippen LogP contribution in [0.2, 0.25) is 0 Å². The summed E-state index contributed by atoms with van der Waals surface area (Å²) >= 11 is 0. The first-order chi connectivity index (χ1) is 11.6. The van der Waals surface area contributed by atoms with Gasteiger partial charge in [0.2, 0.25) is 0 Å². The van der Waals surface area contributed by atoms with Crippen molar-refractivity contribution in [2.75, 3.05) is 0 Å². The quantitative estimate of drug-likeness (QED) is 0.894. The standard InChI is InChI=1S/C17H20N4O3/c1-11-14(10-19-21(11)15-4-2-3-9-18-15)16(22)20-13-7-5-12(6-8-13)17(23)24/h2-4,9-10,12-13H,5-8H2,1H3,(H,20,22)(H,23,24). The molecule has 1 aliphatic rings. The second kappa shape index (κ2) is 6.82. The number of aromatic nitrogens is 3. The van der Waals surface area contributed by atoms with Crippen molar-refractivity contribution in [2.45, 2.75) is 38.6 Å². The van der Waals surface area contributed by atoms with E-state index in [0.717, 1.165) is 5.69 Å². The highest BCUT2D eigenvalue weighted by molar-refractivity contribution is 5.95. The van der Waals surface area contributed by atoms with Gasteiger partial charge >= 0.3 is 5.97 Å². The van der Waals surface area contributed by atoms with Crippen LogP contribution in [0.3, 0.4) is 0 Å². The Kier molecular flexibility index (Phi) is 4.59. The predicted molar refractivity (Wildman–Crippen MR) is 86.9 cm³/mol. The molecule has 2 aromatic rings. The Hall–Kier alpha value is -2.70. The van der Waals surface area contributed by atoms with E-state index < -0.39 is 5.97 Å². The zero-order valence-corrected chi connectivity index (χ0v) is 13.5. The average Bonchev–Trinajstić information content (AvgIpc) is 2.98. The molecule has 24 heavy (non-hydrogen) atoms. The molecular formula is C17H20N4O3. The average molecular weight is 328 g/mol. The van der Waals surface area contributed by atoms with Crippen LogP contribution in [-0.2, 0) is 4.79 Å². The van der Waals surface area contributed by atoms with Crippen LogP contribution < -0.4 is 5.32 Å². The molecule has 126 valence electrons. The number of hydrogen-bond donors (Lipinski definition) is 2. The van der Waals surface area contributed by atoms with Crippen molar-refractivity contribution in [3.8, 4) is 5.82 Å². The molecular weight excluding hydrogens is 308 g/mol. The van der Waals surface area contributed by atoms with Gasteiger partial charge in [-0.3, -0.25) is 9.59 Å². The second-order valence-electron chi connectivity index (χ2n) is 6.10. The van der Waals surface area contributed by atoms with Crippen molar-refractivity contribution in [2.24, 2.45) is 5.92 Å². The number of aliphatic carboxylic acids is 1. The van der Waals surface area contributed by atoms with Crippen LogP contribution in [0.5, 0.6) is 0 Å². The molecule has 1 fully saturated rings. The van der Waals surface area contributed by atoms with Crippen molar-refractivity contribution >= 4 is 11.9 Å². The normalized spacial score (nSPS) is 20.5. The summed E-state index contributed by atoms with van der Waals surface area (Å²) in [6.45, 7) is 1.83. The van der Waals surface area contributed by atoms with Crippen LogP contribution in [-0.4, -0.2) is 37.8 Å². The van der Waals surface area contributed by atoms with Crippen molar-refractivity contribution in [3.05, 3.63) is 41.9 Å². The van der Waals surface area contributed by atoms with Gasteiger partial charge in [0.05, 0.1) is 23.4 Å². The molecule has 0 aliphatic heterocycles. The summed E-state index contributed by atoms with van der Waals surface area (Å²) in [6.07, 6.45) is 5.81. The van der Waals surface area contributed by atoms with Crippen LogP contribution in [0.1, 0.15) is 41.7 Å². The number of hydrogen-bond acceptors (Lipinski definition) is 4. The molecule has 0 bridgehead atoms. The second-order valence-corrected chi connectivity index (χ2v) is 6.10. The Balaban J connectivity index is 1.66. The molecule has 0 spiro atoms. The SMILES string of the molecule is Cc1c(C(=O)NC2CCC(C(=O)O)CC2)cnn1-c1ccccn1. The summed E-state index contributed by atoms with van der Waals surface area (Å²) in [5.74, 6) is -0.538. The molecule has 3 rings (SSSR count). The maximum atomic E-state index is 12.5. The third-order valence-electron chi connectivity index (χ3n) is 4.53. The highest BCUT2D eigenvalue weighted by Gasteiger charge is 2.27. The maximum Gasteiger partial charge on any atom is 0.306 e. The van der Waals surface area contributed by atoms with Crippen LogP contribution in [0.15, 0.2) is 30.6 Å². The van der Waals surface area contributed by atoms with Crippen molar-refractivity contribution in [1.29, 1.82) is 0 Å². The molecule has 0 unspecified atom stereocenters. The van der Waals surface area contributed by atoms with Crippen molar-refractivity contribution in [3.63, 3.8) is 0 Å². The van der Waals surface area contributed by atoms with Gasteiger partial charge in [0.15, 0.2) is 5.82 Å². The van der Waals surface area contributed by atoms with E-state index in [1.165, 1.54) is 0 Å². The van der Waals surface area contributed by atoms with E-state index in [4.69, 9.17) is 5.11 Å². The van der Waals surface area contributed by atoms with E-state index in [2.05, 4.69) is 15.4 Å². The topological polar surface area (TPSA) is 97.1 Å². The molecule has 7 nitrogen and oxygen atoms in total. The summed E-state index contributed by atoms with van der Waals surface area (Å²) in [5.41, 5.74) is 1.24. The van der Waals surface area contributed by atoms with Gasteiger partial charge in [0.1, 0.15) is 0 Å². The van der Waals surface area contributed by atoms with Gasteiger partial charge in [-0.2, -0.15) is 5.10 Å². The first kappa shape index (κ1) is 16.2. The number of carboxylic acid groups (broad SMARTS) is 1. The molecule has 0 radical (unpaired) electrons. The summed E-state index contributed by atoms with van der Waals surface area (Å²) in [4.78, 5) is 27.7. The minimum atomic E-state index is -0.743. The number of pyridine rings is 1. The zero-order valence-electron chi connectivity index (χ0n) is 13.5. The Labute approximate surface area is 139 Å². The zero-order chi connectivity index (χ0) is 17.1. The molecule has 0 atom stereocenters. The van der Waals surface area contributed by atoms with Crippen LogP contribution in [0, 0.1) is 12.8 Å². The summed E-state index contributed by atoms with van der Waals surface area (Å²) in [6, 6.07) is 5.54. The lowest BCUT2D eigenvalue weighted by molar-refractivity contribution is -0.142. The molecule has 0 saturated heterocycles. The first-order valence-electron chi connectivity index (χ1n) is 8.06. The lowest BCUT2D eigenvalue weighted by atomic mass is 9.86. The number of carbonyl (C=O) groups excluding carboxylic acids is 1. The highest BCUT2D eigenvalue weighted by atomic mass is 16.4. The fourth-order valence-corrected chi connectivity index (χ4v) is 3.09. The predicted octanol–water partition coefficient (Wildman–Crippen LogP) is 1.95. The number of nitrogens with zero attached hydrogens (tertiary/aromatic N) is 3. The minimum absolute atomic E-state index is 0.0192. The Morgan fingerprint density at radius 2 is 2.00 bits per heavy atom. The number of carbonyl (C=O) groups is 2. The molecule has 1 amide bonds. The molecule has 1 aliphatic carbocycles. The van der Waals surface area contributed by atoms with Crippen molar-refractivity contribution < 1.29 is 14.7 Å². The van der Waals surface area contributed by atoms with Gasteiger partial charge in [-0.1, -0.05) is 6.07 Å². The smallest absolute Gasteiger partial charge is 0.306 e. The fourth-order valence-electron chi connectivity index (χ4n) is 3.09. The Morgan fingerprint density at radius 3 is 2.62 bits per heavy atom. The van der Waals surface area contributed by atoms with Gasteiger partial charge < -0.3 is 10.4 Å². The van der Waals surface area contributed by atoms with E-state index in [1.807, 2.05) is 25.1 Å². The van der Waals surface area contributed by atoms with Crippen LogP contribution in [0.4, 0.5) is 0 Å². The van der Waals surface area contributed by atoms with Gasteiger partial charge in [-0.25, -0.2) is 9.67 Å². The fraction of sp³-hybridized carbons (Fsp3) is 0.412. The van der Waals surface area contributed by atoms with Crippen LogP contribution in [0.25, 0.3) is 5.82 Å². The monoisotopic (exact) mass is 328 g/mol. The Bertz CT molecular complexity index is 734. The van der Waals surface area contributed by atoms with Gasteiger partial charge in [0.25, 0.3) is 5.91 Å². The first-order valence-corrected chi connectivity index (χ1v) is 8.06. The van der Waals surface area contributed by atoms with E-state index in [0.29, 0.717) is 37.1 Å². The Morgan fingerprint density at radius 1 is 1.25 bits per heavy atom. The third kappa shape index (κ3) is 3.29. The molecule has 0 aromatic carbocycles. The van der Waals surface area contributed by atoms with Gasteiger partial charge in [-0.15, -0.1) is 0 Å². The van der Waals surface area contributed by atoms with E-state index in [-0.39, 0.29) is 17.9 Å². The maximum absolute atomic E-state index is 12.5. The third-order valence-corrected chi connectivity index (χ3v) is 4.53. The number of amides is 1.